The summed E-state index contributed by atoms with van der Waals surface area (Å²) in [7, 11) is 0. The van der Waals surface area contributed by atoms with Crippen LogP contribution in [0.2, 0.25) is 0 Å². The van der Waals surface area contributed by atoms with E-state index in [0.29, 0.717) is 6.61 Å². The lowest BCUT2D eigenvalue weighted by Gasteiger charge is -2.15. The van der Waals surface area contributed by atoms with E-state index in [0.717, 1.165) is 15.6 Å². The van der Waals surface area contributed by atoms with Crippen molar-refractivity contribution in [2.24, 2.45) is 0 Å². The van der Waals surface area contributed by atoms with Gasteiger partial charge in [0.2, 0.25) is 0 Å². The molecule has 4 heteroatoms. The molecule has 1 aliphatic heterocycles. The lowest BCUT2D eigenvalue weighted by atomic mass is 10.1. The molecule has 0 saturated heterocycles. The average Bonchev–Trinajstić information content (AvgIpc) is 2.53. The Hall–Kier alpha value is -0.450. The largest absolute Gasteiger partial charge is 0.386 e. The van der Waals surface area contributed by atoms with Gasteiger partial charge in [-0.15, -0.1) is 11.3 Å². The van der Waals surface area contributed by atoms with Crippen molar-refractivity contribution in [1.29, 1.82) is 0 Å². The van der Waals surface area contributed by atoms with Crippen LogP contribution in [0.5, 0.6) is 0 Å². The fourth-order valence-electron chi connectivity index (χ4n) is 1.43. The Morgan fingerprint density at radius 3 is 2.85 bits per heavy atom. The van der Waals surface area contributed by atoms with Gasteiger partial charge in [-0.05, 0) is 20.8 Å². The van der Waals surface area contributed by atoms with Crippen LogP contribution < -0.4 is 0 Å². The van der Waals surface area contributed by atoms with Crippen LogP contribution in [0.3, 0.4) is 0 Å². The van der Waals surface area contributed by atoms with Crippen molar-refractivity contribution in [2.45, 2.75) is 39.1 Å². The molecule has 1 unspecified atom stereocenters. The van der Waals surface area contributed by atoms with E-state index in [1.54, 1.807) is 18.3 Å². The summed E-state index contributed by atoms with van der Waals surface area (Å²) in [5, 5.41) is 10.2. The molecule has 0 aliphatic carbocycles. The molecule has 3 nitrogen and oxygen atoms in total. The summed E-state index contributed by atoms with van der Waals surface area (Å²) in [5.41, 5.74) is 0.715. The van der Waals surface area contributed by atoms with Gasteiger partial charge in [-0.2, -0.15) is 0 Å². The van der Waals surface area contributed by atoms with E-state index < -0.39 is 6.10 Å². The number of aliphatic hydroxyl groups excluding tert-OH is 1. The summed E-state index contributed by atoms with van der Waals surface area (Å²) < 4.78 is 5.55. The molecule has 0 radical (unpaired) electrons. The monoisotopic (exact) mass is 199 g/mol. The first-order valence-corrected chi connectivity index (χ1v) is 5.14. The minimum Gasteiger partial charge on any atom is -0.386 e. The van der Waals surface area contributed by atoms with Gasteiger partial charge < -0.3 is 9.84 Å². The van der Waals surface area contributed by atoms with E-state index in [4.69, 9.17) is 4.74 Å². The summed E-state index contributed by atoms with van der Waals surface area (Å²) in [6.07, 6.45) is -0.466. The van der Waals surface area contributed by atoms with Crippen molar-refractivity contribution in [3.63, 3.8) is 0 Å². The third kappa shape index (κ3) is 1.39. The smallest absolute Gasteiger partial charge is 0.122 e. The molecule has 13 heavy (non-hydrogen) atoms. The lowest BCUT2D eigenvalue weighted by molar-refractivity contribution is -0.0102. The molecule has 2 heterocycles. The van der Waals surface area contributed by atoms with Gasteiger partial charge in [0, 0.05) is 0 Å². The zero-order valence-electron chi connectivity index (χ0n) is 8.00. The quantitative estimate of drug-likeness (QED) is 0.751. The highest BCUT2D eigenvalue weighted by Crippen LogP contribution is 2.39. The normalized spacial score (nSPS) is 21.5. The van der Waals surface area contributed by atoms with Crippen molar-refractivity contribution in [2.75, 3.05) is 0 Å². The number of fused-ring (bicyclic) bond motifs is 1. The molecule has 2 rings (SSSR count). The number of nitrogens with zero attached hydrogens (tertiary/aromatic N) is 1. The molecule has 1 aliphatic rings. The first kappa shape index (κ1) is 9.12. The van der Waals surface area contributed by atoms with Crippen LogP contribution >= 0.6 is 11.3 Å². The molecule has 72 valence electrons. The van der Waals surface area contributed by atoms with E-state index >= 15 is 0 Å². The maximum Gasteiger partial charge on any atom is 0.122 e. The molecular weight excluding hydrogens is 186 g/mol. The van der Waals surface area contributed by atoms with E-state index in [1.165, 1.54) is 0 Å². The maximum atomic E-state index is 9.36. The van der Waals surface area contributed by atoms with Crippen LogP contribution in [0, 0.1) is 0 Å². The fourth-order valence-corrected chi connectivity index (χ4v) is 2.50. The molecule has 0 aromatic carbocycles. The van der Waals surface area contributed by atoms with Crippen molar-refractivity contribution < 1.29 is 9.84 Å². The highest BCUT2D eigenvalue weighted by Gasteiger charge is 2.35. The van der Waals surface area contributed by atoms with E-state index in [-0.39, 0.29) is 5.60 Å². The van der Waals surface area contributed by atoms with Crippen LogP contribution in [0.1, 0.15) is 42.5 Å². The number of hydrogen-bond acceptors (Lipinski definition) is 4. The standard InChI is InChI=1S/C9H13NO2S/c1-5(11)8-10-7-6(13-8)4-12-9(7,2)3/h5,11H,4H2,1-3H3. The van der Waals surface area contributed by atoms with Crippen LogP contribution in [0.15, 0.2) is 0 Å². The van der Waals surface area contributed by atoms with Crippen LogP contribution in [0.25, 0.3) is 0 Å². The van der Waals surface area contributed by atoms with E-state index in [2.05, 4.69) is 4.98 Å². The van der Waals surface area contributed by atoms with Gasteiger partial charge in [-0.25, -0.2) is 4.98 Å². The molecule has 1 aromatic rings. The Balaban J connectivity index is 2.42. The summed E-state index contributed by atoms with van der Waals surface area (Å²) >= 11 is 1.55. The Labute approximate surface area is 81.4 Å². The SMILES string of the molecule is CC(O)c1nc2c(s1)COC2(C)C. The second-order valence-electron chi connectivity index (χ2n) is 3.80. The van der Waals surface area contributed by atoms with E-state index in [9.17, 15) is 5.11 Å². The van der Waals surface area contributed by atoms with Crippen molar-refractivity contribution in [3.05, 3.63) is 15.6 Å². The number of rotatable bonds is 1. The number of hydrogen-bond donors (Lipinski definition) is 1. The molecular formula is C9H13NO2S. The predicted molar refractivity (Wildman–Crippen MR) is 50.6 cm³/mol. The summed E-state index contributed by atoms with van der Waals surface area (Å²) in [5.74, 6) is 0. The van der Waals surface area contributed by atoms with Gasteiger partial charge in [-0.3, -0.25) is 0 Å². The summed E-state index contributed by atoms with van der Waals surface area (Å²) in [4.78, 5) is 5.54. The minimum absolute atomic E-state index is 0.279. The number of thiazole rings is 1. The minimum atomic E-state index is -0.466. The molecule has 0 spiro atoms. The molecule has 0 amide bonds. The van der Waals surface area contributed by atoms with Gasteiger partial charge in [0.15, 0.2) is 0 Å². The first-order chi connectivity index (χ1) is 6.00. The Kier molecular flexibility index (Phi) is 1.94. The Morgan fingerprint density at radius 1 is 1.62 bits per heavy atom. The van der Waals surface area contributed by atoms with Crippen LogP contribution in [-0.2, 0) is 16.9 Å². The molecule has 0 fully saturated rings. The second-order valence-corrected chi connectivity index (χ2v) is 4.91. The zero-order valence-corrected chi connectivity index (χ0v) is 8.81. The van der Waals surface area contributed by atoms with E-state index in [1.807, 2.05) is 13.8 Å². The molecule has 1 atom stereocenters. The number of aliphatic hydroxyl groups is 1. The third-order valence-electron chi connectivity index (χ3n) is 2.21. The highest BCUT2D eigenvalue weighted by atomic mass is 32.1. The first-order valence-electron chi connectivity index (χ1n) is 4.33. The molecule has 0 saturated carbocycles. The average molecular weight is 199 g/mol. The predicted octanol–water partition coefficient (Wildman–Crippen LogP) is 1.96. The fraction of sp³-hybridized carbons (Fsp3) is 0.667. The maximum absolute atomic E-state index is 9.36. The summed E-state index contributed by atoms with van der Waals surface area (Å²) in [6.45, 7) is 6.38. The van der Waals surface area contributed by atoms with Gasteiger partial charge >= 0.3 is 0 Å². The van der Waals surface area contributed by atoms with Crippen molar-refractivity contribution in [3.8, 4) is 0 Å². The van der Waals surface area contributed by atoms with Gasteiger partial charge in [0.1, 0.15) is 16.7 Å². The number of ether oxygens (including phenoxy) is 1. The summed E-state index contributed by atoms with van der Waals surface area (Å²) in [6, 6.07) is 0. The molecule has 0 bridgehead atoms. The molecule has 1 aromatic heterocycles. The van der Waals surface area contributed by atoms with Crippen molar-refractivity contribution in [1.82, 2.24) is 4.98 Å². The van der Waals surface area contributed by atoms with Gasteiger partial charge in [0.05, 0.1) is 17.2 Å². The van der Waals surface area contributed by atoms with Crippen LogP contribution in [0.4, 0.5) is 0 Å². The third-order valence-corrected chi connectivity index (χ3v) is 3.40. The topological polar surface area (TPSA) is 42.4 Å². The number of aromatic nitrogens is 1. The lowest BCUT2D eigenvalue weighted by Crippen LogP contribution is -2.16. The second kappa shape index (κ2) is 2.77. The van der Waals surface area contributed by atoms with Crippen LogP contribution in [-0.4, -0.2) is 10.1 Å². The zero-order chi connectivity index (χ0) is 9.64. The Bertz CT molecular complexity index is 330. The highest BCUT2D eigenvalue weighted by molar-refractivity contribution is 7.11. The van der Waals surface area contributed by atoms with Gasteiger partial charge in [-0.1, -0.05) is 0 Å². The van der Waals surface area contributed by atoms with Gasteiger partial charge in [0.25, 0.3) is 0 Å². The Morgan fingerprint density at radius 2 is 2.31 bits per heavy atom. The molecule has 1 N–H and O–H groups in total. The van der Waals surface area contributed by atoms with Crippen molar-refractivity contribution >= 4 is 11.3 Å².